The summed E-state index contributed by atoms with van der Waals surface area (Å²) in [5, 5.41) is 9.10. The fourth-order valence-corrected chi connectivity index (χ4v) is 2.01. The SMILES string of the molecule is CN(C)C1(CNC(=O)c2ncn[nH]2)CCC1. The second kappa shape index (κ2) is 4.21. The summed E-state index contributed by atoms with van der Waals surface area (Å²) in [5.41, 5.74) is 0.135. The standard InChI is InChI=1S/C10H17N5O/c1-15(2)10(4-3-5-10)6-11-9(16)8-12-7-13-14-8/h7H,3-6H2,1-2H3,(H,11,16)(H,12,13,14). The molecule has 1 aliphatic carbocycles. The lowest BCUT2D eigenvalue weighted by Crippen LogP contribution is -2.57. The van der Waals surface area contributed by atoms with E-state index in [4.69, 9.17) is 0 Å². The molecule has 1 fully saturated rings. The van der Waals surface area contributed by atoms with Gasteiger partial charge in [-0.2, -0.15) is 5.10 Å². The van der Waals surface area contributed by atoms with Crippen LogP contribution in [0.25, 0.3) is 0 Å². The van der Waals surface area contributed by atoms with E-state index in [9.17, 15) is 4.79 Å². The Labute approximate surface area is 94.4 Å². The zero-order chi connectivity index (χ0) is 11.6. The van der Waals surface area contributed by atoms with Crippen LogP contribution >= 0.6 is 0 Å². The van der Waals surface area contributed by atoms with Crippen LogP contribution in [0, 0.1) is 0 Å². The van der Waals surface area contributed by atoms with Gasteiger partial charge in [0, 0.05) is 12.1 Å². The Morgan fingerprint density at radius 1 is 1.62 bits per heavy atom. The maximum atomic E-state index is 11.7. The number of hydrogen-bond acceptors (Lipinski definition) is 4. The Kier molecular flexibility index (Phi) is 2.91. The Bertz CT molecular complexity index is 355. The molecule has 0 aliphatic heterocycles. The van der Waals surface area contributed by atoms with Crippen molar-refractivity contribution in [3.05, 3.63) is 12.2 Å². The minimum atomic E-state index is -0.189. The molecule has 2 rings (SSSR count). The van der Waals surface area contributed by atoms with E-state index < -0.39 is 0 Å². The summed E-state index contributed by atoms with van der Waals surface area (Å²) in [6.45, 7) is 0.666. The van der Waals surface area contributed by atoms with Crippen molar-refractivity contribution >= 4 is 5.91 Å². The third-order valence-electron chi connectivity index (χ3n) is 3.44. The maximum absolute atomic E-state index is 11.7. The van der Waals surface area contributed by atoms with Crippen LogP contribution in [0.5, 0.6) is 0 Å². The van der Waals surface area contributed by atoms with Gasteiger partial charge in [-0.3, -0.25) is 9.89 Å². The number of aromatic nitrogens is 3. The van der Waals surface area contributed by atoms with Crippen LogP contribution in [-0.2, 0) is 0 Å². The molecule has 2 N–H and O–H groups in total. The largest absolute Gasteiger partial charge is 0.347 e. The van der Waals surface area contributed by atoms with Crippen LogP contribution in [0.15, 0.2) is 6.33 Å². The van der Waals surface area contributed by atoms with Crippen molar-refractivity contribution in [2.75, 3.05) is 20.6 Å². The highest BCUT2D eigenvalue weighted by atomic mass is 16.2. The number of aromatic amines is 1. The number of carbonyl (C=O) groups excluding carboxylic acids is 1. The molecule has 0 bridgehead atoms. The maximum Gasteiger partial charge on any atom is 0.288 e. The molecule has 0 spiro atoms. The fraction of sp³-hybridized carbons (Fsp3) is 0.700. The zero-order valence-corrected chi connectivity index (χ0v) is 9.66. The summed E-state index contributed by atoms with van der Waals surface area (Å²) < 4.78 is 0. The molecule has 1 saturated carbocycles. The molecule has 6 heteroatoms. The summed E-state index contributed by atoms with van der Waals surface area (Å²) in [6.07, 6.45) is 4.84. The number of carbonyl (C=O) groups is 1. The van der Waals surface area contributed by atoms with Gasteiger partial charge < -0.3 is 10.2 Å². The monoisotopic (exact) mass is 223 g/mol. The van der Waals surface area contributed by atoms with Gasteiger partial charge >= 0.3 is 0 Å². The molecule has 6 nitrogen and oxygen atoms in total. The van der Waals surface area contributed by atoms with E-state index >= 15 is 0 Å². The van der Waals surface area contributed by atoms with Crippen molar-refractivity contribution in [2.24, 2.45) is 0 Å². The van der Waals surface area contributed by atoms with Crippen molar-refractivity contribution in [1.82, 2.24) is 25.4 Å². The van der Waals surface area contributed by atoms with Crippen molar-refractivity contribution in [2.45, 2.75) is 24.8 Å². The Balaban J connectivity index is 1.90. The Morgan fingerprint density at radius 2 is 2.38 bits per heavy atom. The van der Waals surface area contributed by atoms with Crippen molar-refractivity contribution in [3.63, 3.8) is 0 Å². The van der Waals surface area contributed by atoms with Crippen LogP contribution in [0.2, 0.25) is 0 Å². The molecule has 0 radical (unpaired) electrons. The van der Waals surface area contributed by atoms with E-state index in [2.05, 4.69) is 39.5 Å². The molecule has 1 aliphatic rings. The minimum Gasteiger partial charge on any atom is -0.347 e. The van der Waals surface area contributed by atoms with Crippen LogP contribution in [-0.4, -0.2) is 52.2 Å². The van der Waals surface area contributed by atoms with Gasteiger partial charge in [0.15, 0.2) is 0 Å². The van der Waals surface area contributed by atoms with E-state index in [1.165, 1.54) is 12.7 Å². The van der Waals surface area contributed by atoms with Crippen LogP contribution in [0.4, 0.5) is 0 Å². The summed E-state index contributed by atoms with van der Waals surface area (Å²) in [4.78, 5) is 17.7. The van der Waals surface area contributed by atoms with Gasteiger partial charge in [0.1, 0.15) is 6.33 Å². The first-order valence-electron chi connectivity index (χ1n) is 5.45. The van der Waals surface area contributed by atoms with E-state index in [0.717, 1.165) is 12.8 Å². The second-order valence-electron chi connectivity index (χ2n) is 4.49. The van der Waals surface area contributed by atoms with Gasteiger partial charge in [-0.15, -0.1) is 0 Å². The number of amides is 1. The topological polar surface area (TPSA) is 73.9 Å². The molecule has 1 aromatic heterocycles. The minimum absolute atomic E-state index is 0.135. The summed E-state index contributed by atoms with van der Waals surface area (Å²) in [5.74, 6) is 0.0823. The highest BCUT2D eigenvalue weighted by Crippen LogP contribution is 2.35. The molecule has 1 amide bonds. The van der Waals surface area contributed by atoms with Crippen LogP contribution < -0.4 is 5.32 Å². The van der Waals surface area contributed by atoms with Crippen molar-refractivity contribution < 1.29 is 4.79 Å². The van der Waals surface area contributed by atoms with E-state index in [1.807, 2.05) is 0 Å². The smallest absolute Gasteiger partial charge is 0.288 e. The number of H-pyrrole nitrogens is 1. The van der Waals surface area contributed by atoms with Crippen molar-refractivity contribution in [1.29, 1.82) is 0 Å². The van der Waals surface area contributed by atoms with Crippen molar-refractivity contribution in [3.8, 4) is 0 Å². The normalized spacial score (nSPS) is 18.2. The lowest BCUT2D eigenvalue weighted by molar-refractivity contribution is 0.0554. The fourth-order valence-electron chi connectivity index (χ4n) is 2.01. The molecule has 0 atom stereocenters. The van der Waals surface area contributed by atoms with Gasteiger partial charge in [0.25, 0.3) is 5.91 Å². The first-order chi connectivity index (χ1) is 7.64. The number of nitrogens with one attached hydrogen (secondary N) is 2. The zero-order valence-electron chi connectivity index (χ0n) is 9.66. The van der Waals surface area contributed by atoms with Gasteiger partial charge in [-0.1, -0.05) is 0 Å². The molecular weight excluding hydrogens is 206 g/mol. The summed E-state index contributed by atoms with van der Waals surface area (Å²) >= 11 is 0. The van der Waals surface area contributed by atoms with Gasteiger partial charge in [-0.25, -0.2) is 4.98 Å². The molecule has 0 aromatic carbocycles. The summed E-state index contributed by atoms with van der Waals surface area (Å²) in [6, 6.07) is 0. The molecule has 16 heavy (non-hydrogen) atoms. The predicted molar refractivity (Wildman–Crippen MR) is 59.0 cm³/mol. The molecule has 88 valence electrons. The predicted octanol–water partition coefficient (Wildman–Crippen LogP) is 0.0188. The number of hydrogen-bond donors (Lipinski definition) is 2. The first-order valence-corrected chi connectivity index (χ1v) is 5.45. The number of likely N-dealkylation sites (N-methyl/N-ethyl adjacent to an activating group) is 1. The second-order valence-corrected chi connectivity index (χ2v) is 4.49. The summed E-state index contributed by atoms with van der Waals surface area (Å²) in [7, 11) is 4.11. The third kappa shape index (κ3) is 1.92. The quantitative estimate of drug-likeness (QED) is 0.754. The molecule has 0 saturated heterocycles. The van der Waals surface area contributed by atoms with E-state index in [1.54, 1.807) is 0 Å². The van der Waals surface area contributed by atoms with E-state index in [0.29, 0.717) is 6.54 Å². The number of nitrogens with zero attached hydrogens (tertiary/aromatic N) is 3. The van der Waals surface area contributed by atoms with Gasteiger partial charge in [0.2, 0.25) is 5.82 Å². The van der Waals surface area contributed by atoms with Crippen LogP contribution in [0.3, 0.4) is 0 Å². The highest BCUT2D eigenvalue weighted by Gasteiger charge is 2.39. The molecule has 0 unspecified atom stereocenters. The van der Waals surface area contributed by atoms with Gasteiger partial charge in [0.05, 0.1) is 0 Å². The van der Waals surface area contributed by atoms with Gasteiger partial charge in [-0.05, 0) is 33.4 Å². The average Bonchev–Trinajstić information content (AvgIpc) is 2.67. The van der Waals surface area contributed by atoms with E-state index in [-0.39, 0.29) is 17.3 Å². The molecular formula is C10H17N5O. The molecule has 1 heterocycles. The highest BCUT2D eigenvalue weighted by molar-refractivity contribution is 5.90. The lowest BCUT2D eigenvalue weighted by Gasteiger charge is -2.47. The third-order valence-corrected chi connectivity index (χ3v) is 3.44. The number of rotatable bonds is 4. The Hall–Kier alpha value is -1.43. The average molecular weight is 223 g/mol. The van der Waals surface area contributed by atoms with Crippen LogP contribution in [0.1, 0.15) is 29.9 Å². The molecule has 1 aromatic rings. The Morgan fingerprint density at radius 3 is 2.81 bits per heavy atom. The lowest BCUT2D eigenvalue weighted by atomic mass is 9.75. The first kappa shape index (κ1) is 11.1.